The predicted octanol–water partition coefficient (Wildman–Crippen LogP) is 3.07. The molecule has 0 saturated carbocycles. The number of carbonyl (C=O) groups is 4. The minimum Gasteiger partial charge on any atom is -0.455 e. The lowest BCUT2D eigenvalue weighted by molar-refractivity contribution is -0.145. The minimum atomic E-state index is -1.03. The highest BCUT2D eigenvalue weighted by molar-refractivity contribution is 8.00. The van der Waals surface area contributed by atoms with Gasteiger partial charge in [0.2, 0.25) is 5.91 Å². The van der Waals surface area contributed by atoms with Gasteiger partial charge in [-0.2, -0.15) is 11.8 Å². The molecule has 228 valence electrons. The summed E-state index contributed by atoms with van der Waals surface area (Å²) in [5, 5.41) is 20.2. The lowest BCUT2D eigenvalue weighted by Crippen LogP contribution is -2.36. The molecule has 3 amide bonds. The van der Waals surface area contributed by atoms with Crippen LogP contribution in [0.3, 0.4) is 0 Å². The van der Waals surface area contributed by atoms with Gasteiger partial charge in [0.15, 0.2) is 18.0 Å². The third-order valence-electron chi connectivity index (χ3n) is 8.18. The number of unbranched alkanes of at least 4 members (excludes halogenated alkanes) is 6. The molecule has 3 saturated heterocycles. The highest BCUT2D eigenvalue weighted by Crippen LogP contribution is 2.37. The first-order chi connectivity index (χ1) is 19.6. The summed E-state index contributed by atoms with van der Waals surface area (Å²) in [6.07, 6.45) is 13.3. The first-order valence-electron chi connectivity index (χ1n) is 15.1. The van der Waals surface area contributed by atoms with Crippen LogP contribution in [-0.4, -0.2) is 82.3 Å². The molecule has 41 heavy (non-hydrogen) atoms. The summed E-state index contributed by atoms with van der Waals surface area (Å²) in [7, 11) is 0. The number of ether oxygens (including phenoxy) is 2. The van der Waals surface area contributed by atoms with Gasteiger partial charge in [0.25, 0.3) is 0 Å². The highest BCUT2D eigenvalue weighted by Gasteiger charge is 2.54. The molecular weight excluding hydrogens is 546 g/mol. The van der Waals surface area contributed by atoms with Crippen LogP contribution in [0.5, 0.6) is 0 Å². The van der Waals surface area contributed by atoms with E-state index in [1.165, 1.54) is 13.0 Å². The summed E-state index contributed by atoms with van der Waals surface area (Å²) in [6, 6.07) is 0.425. The van der Waals surface area contributed by atoms with Gasteiger partial charge in [0.05, 0.1) is 17.7 Å². The minimum absolute atomic E-state index is 0.0562. The van der Waals surface area contributed by atoms with E-state index in [1.54, 1.807) is 19.1 Å². The molecule has 0 aromatic carbocycles. The van der Waals surface area contributed by atoms with E-state index in [1.807, 2.05) is 11.8 Å². The third-order valence-corrected chi connectivity index (χ3v) is 9.69. The lowest BCUT2D eigenvalue weighted by Gasteiger charge is -2.22. The van der Waals surface area contributed by atoms with Crippen LogP contribution in [0.2, 0.25) is 0 Å². The highest BCUT2D eigenvalue weighted by atomic mass is 32.2. The van der Waals surface area contributed by atoms with E-state index in [0.717, 1.165) is 63.5 Å². The molecule has 4 aliphatic rings. The van der Waals surface area contributed by atoms with Crippen LogP contribution >= 0.6 is 11.8 Å². The van der Waals surface area contributed by atoms with Gasteiger partial charge in [0.1, 0.15) is 6.10 Å². The Hall–Kier alpha value is -2.37. The topological polar surface area (TPSA) is 146 Å². The van der Waals surface area contributed by atoms with Gasteiger partial charge in [-0.15, -0.1) is 0 Å². The van der Waals surface area contributed by atoms with E-state index in [-0.39, 0.29) is 29.8 Å². The molecule has 0 bridgehead atoms. The van der Waals surface area contributed by atoms with Crippen LogP contribution in [-0.2, 0) is 23.9 Å². The van der Waals surface area contributed by atoms with E-state index in [2.05, 4.69) is 16.0 Å². The Morgan fingerprint density at radius 2 is 1.90 bits per heavy atom. The Bertz CT molecular complexity index is 1030. The van der Waals surface area contributed by atoms with Crippen molar-refractivity contribution in [2.75, 3.05) is 12.3 Å². The van der Waals surface area contributed by atoms with Gasteiger partial charge in [0, 0.05) is 30.9 Å². The Morgan fingerprint density at radius 3 is 2.68 bits per heavy atom. The number of aliphatic hydroxyl groups is 1. The second-order valence-electron chi connectivity index (χ2n) is 11.9. The Morgan fingerprint density at radius 1 is 1.15 bits per heavy atom. The smallest absolute Gasteiger partial charge is 0.315 e. The molecule has 4 N–H and O–H groups in total. The van der Waals surface area contributed by atoms with Crippen LogP contribution in [0.4, 0.5) is 4.79 Å². The van der Waals surface area contributed by atoms with Crippen molar-refractivity contribution in [2.24, 2.45) is 0 Å². The van der Waals surface area contributed by atoms with Crippen molar-refractivity contribution in [1.29, 1.82) is 0 Å². The zero-order chi connectivity index (χ0) is 29.4. The summed E-state index contributed by atoms with van der Waals surface area (Å²) in [5.41, 5.74) is -0.478. The molecule has 4 rings (SSSR count). The molecule has 10 nitrogen and oxygen atoms in total. The van der Waals surface area contributed by atoms with E-state index in [4.69, 9.17) is 9.47 Å². The monoisotopic (exact) mass is 591 g/mol. The molecule has 7 atom stereocenters. The van der Waals surface area contributed by atoms with Gasteiger partial charge in [-0.3, -0.25) is 14.4 Å². The van der Waals surface area contributed by atoms with Crippen LogP contribution in [0, 0.1) is 0 Å². The summed E-state index contributed by atoms with van der Waals surface area (Å²) in [6.45, 7) is 3.77. The second kappa shape index (κ2) is 14.7. The van der Waals surface area contributed by atoms with Crippen LogP contribution in [0.25, 0.3) is 0 Å². The molecule has 0 aromatic heterocycles. The number of fused-ring (bicyclic) bond motifs is 2. The van der Waals surface area contributed by atoms with E-state index >= 15 is 0 Å². The number of carbonyl (C=O) groups excluding carboxylic acids is 4. The maximum absolute atomic E-state index is 12.1. The fourth-order valence-electron chi connectivity index (χ4n) is 5.82. The molecule has 3 heterocycles. The molecule has 0 aromatic rings. The maximum atomic E-state index is 12.1. The van der Waals surface area contributed by atoms with Gasteiger partial charge >= 0.3 is 12.0 Å². The van der Waals surface area contributed by atoms with Gasteiger partial charge in [-0.1, -0.05) is 50.7 Å². The summed E-state index contributed by atoms with van der Waals surface area (Å²) in [5.74, 6) is 0.511. The number of urea groups is 1. The maximum Gasteiger partial charge on any atom is 0.315 e. The van der Waals surface area contributed by atoms with E-state index < -0.39 is 29.9 Å². The summed E-state index contributed by atoms with van der Waals surface area (Å²) in [4.78, 5) is 47.1. The van der Waals surface area contributed by atoms with Crippen LogP contribution < -0.4 is 16.0 Å². The fourth-order valence-corrected chi connectivity index (χ4v) is 7.37. The van der Waals surface area contributed by atoms with Crippen molar-refractivity contribution >= 4 is 35.5 Å². The first kappa shape index (κ1) is 31.6. The standard InChI is InChI=1S/C30H45N3O7S/c1-19(34)39-26-20(17-22(35)27-28(26)40-27)13-15-30(2,38)14-9-5-3-4-6-10-16-31-24(36)12-8-7-11-23-25-21(18-41-23)32-29(37)33-25/h13,15,17,21,23,25-28,38H,3-12,14,16,18H2,1-2H3,(H,31,36)(H2,32,33,37)/b15-13+/t21-,23-,25-,26-,27-,28+,30?/m0/s1. The average molecular weight is 592 g/mol. The number of epoxide rings is 1. The molecule has 1 unspecified atom stereocenters. The number of hydrogen-bond acceptors (Lipinski definition) is 8. The van der Waals surface area contributed by atoms with Crippen LogP contribution in [0.1, 0.15) is 84.5 Å². The largest absolute Gasteiger partial charge is 0.455 e. The molecule has 3 aliphatic heterocycles. The number of amides is 3. The summed E-state index contributed by atoms with van der Waals surface area (Å²) < 4.78 is 10.7. The van der Waals surface area contributed by atoms with Crippen molar-refractivity contribution in [3.63, 3.8) is 0 Å². The third kappa shape index (κ3) is 9.58. The fraction of sp³-hybridized carbons (Fsp3) is 0.733. The van der Waals surface area contributed by atoms with Crippen molar-refractivity contribution in [1.82, 2.24) is 16.0 Å². The van der Waals surface area contributed by atoms with Crippen molar-refractivity contribution < 1.29 is 33.8 Å². The zero-order valence-corrected chi connectivity index (χ0v) is 25.0. The van der Waals surface area contributed by atoms with E-state index in [9.17, 15) is 24.3 Å². The summed E-state index contributed by atoms with van der Waals surface area (Å²) >= 11 is 1.91. The number of rotatable bonds is 17. The average Bonchev–Trinajstić information content (AvgIpc) is 3.53. The number of ketones is 1. The molecule has 0 radical (unpaired) electrons. The first-order valence-corrected chi connectivity index (χ1v) is 16.1. The molecule has 0 spiro atoms. The van der Waals surface area contributed by atoms with E-state index in [0.29, 0.717) is 30.2 Å². The lowest BCUT2D eigenvalue weighted by atomic mass is 9.91. The molecule has 11 heteroatoms. The number of esters is 1. The van der Waals surface area contributed by atoms with Gasteiger partial charge < -0.3 is 30.5 Å². The Kier molecular flexibility index (Phi) is 11.3. The van der Waals surface area contributed by atoms with Crippen molar-refractivity contribution in [3.8, 4) is 0 Å². The van der Waals surface area contributed by atoms with Gasteiger partial charge in [-0.05, 0) is 44.3 Å². The van der Waals surface area contributed by atoms with Gasteiger partial charge in [-0.25, -0.2) is 4.79 Å². The Labute approximate surface area is 246 Å². The SMILES string of the molecule is CC(=O)O[C@H]1C(/C=C/C(C)(O)CCCCCCCCNC(=O)CCCC[C@@H]2SC[C@@H]3NC(=O)N[C@@H]32)=CC(=O)[C@@H]2O[C@@H]21. The van der Waals surface area contributed by atoms with Crippen LogP contribution in [0.15, 0.2) is 23.8 Å². The molecule has 3 fully saturated rings. The predicted molar refractivity (Wildman–Crippen MR) is 156 cm³/mol. The number of thioether (sulfide) groups is 1. The molecular formula is C30H45N3O7S. The zero-order valence-electron chi connectivity index (χ0n) is 24.2. The van der Waals surface area contributed by atoms with Crippen molar-refractivity contribution in [3.05, 3.63) is 23.8 Å². The quantitative estimate of drug-likeness (QED) is 0.0874. The second-order valence-corrected chi connectivity index (χ2v) is 13.1. The van der Waals surface area contributed by atoms with Crippen molar-refractivity contribution in [2.45, 2.75) is 126 Å². The molecule has 1 aliphatic carbocycles. The Balaban J connectivity index is 0.987. The normalized spacial score (nSPS) is 29.7. The number of hydrogen-bond donors (Lipinski definition) is 4. The number of nitrogens with one attached hydrogen (secondary N) is 3.